The molecule has 27 heavy (non-hydrogen) atoms. The van der Waals surface area contributed by atoms with Gasteiger partial charge in [0.25, 0.3) is 11.8 Å². The first-order valence-electron chi connectivity index (χ1n) is 9.11. The first kappa shape index (κ1) is 18.9. The number of morpholine rings is 1. The van der Waals surface area contributed by atoms with E-state index in [1.54, 1.807) is 33.8 Å². The van der Waals surface area contributed by atoms with Crippen LogP contribution in [0.3, 0.4) is 0 Å². The number of amides is 2. The highest BCUT2D eigenvalue weighted by atomic mass is 16.5. The summed E-state index contributed by atoms with van der Waals surface area (Å²) < 4.78 is 12.3. The molecule has 0 aliphatic carbocycles. The van der Waals surface area contributed by atoms with Crippen LogP contribution < -0.4 is 10.1 Å². The van der Waals surface area contributed by atoms with E-state index in [0.717, 1.165) is 0 Å². The summed E-state index contributed by atoms with van der Waals surface area (Å²) in [5.41, 5.74) is 1.28. The molecule has 0 unspecified atom stereocenters. The van der Waals surface area contributed by atoms with E-state index in [9.17, 15) is 9.59 Å². The van der Waals surface area contributed by atoms with Gasteiger partial charge in [0.2, 0.25) is 0 Å². The van der Waals surface area contributed by atoms with Gasteiger partial charge in [-0.3, -0.25) is 14.3 Å². The van der Waals surface area contributed by atoms with Crippen LogP contribution in [0.15, 0.2) is 30.5 Å². The van der Waals surface area contributed by atoms with Gasteiger partial charge in [0.15, 0.2) is 0 Å². The van der Waals surface area contributed by atoms with Crippen LogP contribution >= 0.6 is 0 Å². The number of carbonyl (C=O) groups excluding carboxylic acids is 2. The van der Waals surface area contributed by atoms with Gasteiger partial charge in [-0.15, -0.1) is 0 Å². The lowest BCUT2D eigenvalue weighted by molar-refractivity contribution is 0.0295. The van der Waals surface area contributed by atoms with Crippen molar-refractivity contribution in [3.05, 3.63) is 41.7 Å². The monoisotopic (exact) mass is 372 g/mol. The smallest absolute Gasteiger partial charge is 0.274 e. The number of nitrogens with one attached hydrogen (secondary N) is 1. The molecule has 2 amide bonds. The fourth-order valence-corrected chi connectivity index (χ4v) is 2.92. The topological polar surface area (TPSA) is 85.7 Å². The molecular weight excluding hydrogens is 348 g/mol. The normalized spacial score (nSPS) is 14.1. The van der Waals surface area contributed by atoms with Crippen molar-refractivity contribution in [1.29, 1.82) is 0 Å². The molecule has 0 bridgehead atoms. The molecule has 1 aliphatic rings. The summed E-state index contributed by atoms with van der Waals surface area (Å²) in [4.78, 5) is 27.3. The van der Waals surface area contributed by atoms with Crippen molar-refractivity contribution in [3.63, 3.8) is 0 Å². The van der Waals surface area contributed by atoms with Crippen LogP contribution in [-0.4, -0.2) is 59.4 Å². The third kappa shape index (κ3) is 4.28. The van der Waals surface area contributed by atoms with Crippen molar-refractivity contribution in [2.24, 2.45) is 0 Å². The molecule has 3 rings (SSSR count). The summed E-state index contributed by atoms with van der Waals surface area (Å²) in [7, 11) is 0. The fraction of sp³-hybridized carbons (Fsp3) is 0.421. The van der Waals surface area contributed by atoms with Crippen LogP contribution in [0.25, 0.3) is 0 Å². The van der Waals surface area contributed by atoms with Gasteiger partial charge in [0, 0.05) is 25.2 Å². The Kier molecular flexibility index (Phi) is 6.08. The molecule has 0 spiro atoms. The van der Waals surface area contributed by atoms with Crippen molar-refractivity contribution in [3.8, 4) is 5.75 Å². The number of nitrogens with zero attached hydrogens (tertiary/aromatic N) is 3. The summed E-state index contributed by atoms with van der Waals surface area (Å²) in [5, 5.41) is 7.05. The second-order valence-corrected chi connectivity index (χ2v) is 6.04. The number of benzene rings is 1. The predicted molar refractivity (Wildman–Crippen MR) is 100 cm³/mol. The molecule has 0 saturated carbocycles. The number of hydrogen-bond donors (Lipinski definition) is 1. The molecule has 1 N–H and O–H groups in total. The number of ether oxygens (including phenoxy) is 2. The maximum absolute atomic E-state index is 12.9. The third-order valence-electron chi connectivity index (χ3n) is 4.32. The van der Waals surface area contributed by atoms with Gasteiger partial charge in [-0.25, -0.2) is 0 Å². The first-order chi connectivity index (χ1) is 13.1. The van der Waals surface area contributed by atoms with Crippen molar-refractivity contribution in [2.75, 3.05) is 38.2 Å². The summed E-state index contributed by atoms with van der Waals surface area (Å²) in [6.45, 7) is 6.99. The molecule has 1 saturated heterocycles. The number of anilines is 1. The molecule has 144 valence electrons. The summed E-state index contributed by atoms with van der Waals surface area (Å²) in [6, 6.07) is 6.86. The van der Waals surface area contributed by atoms with E-state index >= 15 is 0 Å². The Labute approximate surface area is 158 Å². The molecule has 0 atom stereocenters. The molecule has 1 aliphatic heterocycles. The Balaban J connectivity index is 1.79. The molecular formula is C19H24N4O4. The number of hydrogen-bond acceptors (Lipinski definition) is 5. The van der Waals surface area contributed by atoms with E-state index in [0.29, 0.717) is 62.1 Å². The van der Waals surface area contributed by atoms with Crippen molar-refractivity contribution < 1.29 is 19.1 Å². The zero-order chi connectivity index (χ0) is 19.2. The minimum absolute atomic E-state index is 0.153. The van der Waals surface area contributed by atoms with Crippen molar-refractivity contribution >= 4 is 17.5 Å². The van der Waals surface area contributed by atoms with Gasteiger partial charge in [-0.05, 0) is 38.1 Å². The van der Waals surface area contributed by atoms with Gasteiger partial charge in [-0.2, -0.15) is 5.10 Å². The quantitative estimate of drug-likeness (QED) is 0.839. The fourth-order valence-electron chi connectivity index (χ4n) is 2.92. The maximum atomic E-state index is 12.9. The van der Waals surface area contributed by atoms with E-state index in [-0.39, 0.29) is 11.8 Å². The molecule has 0 radical (unpaired) electrons. The summed E-state index contributed by atoms with van der Waals surface area (Å²) in [5.74, 6) is 0.250. The minimum atomic E-state index is -0.301. The van der Waals surface area contributed by atoms with E-state index in [1.165, 1.54) is 6.20 Å². The average Bonchev–Trinajstić information content (AvgIpc) is 3.11. The van der Waals surface area contributed by atoms with E-state index in [4.69, 9.17) is 9.47 Å². The van der Waals surface area contributed by atoms with E-state index in [2.05, 4.69) is 10.4 Å². The summed E-state index contributed by atoms with van der Waals surface area (Å²) in [6.07, 6.45) is 1.52. The van der Waals surface area contributed by atoms with Crippen molar-refractivity contribution in [2.45, 2.75) is 20.4 Å². The lowest BCUT2D eigenvalue weighted by atomic mass is 10.2. The van der Waals surface area contributed by atoms with E-state index in [1.807, 2.05) is 13.8 Å². The third-order valence-corrected chi connectivity index (χ3v) is 4.32. The van der Waals surface area contributed by atoms with Crippen molar-refractivity contribution in [1.82, 2.24) is 14.7 Å². The van der Waals surface area contributed by atoms with Gasteiger partial charge in [0.05, 0.1) is 31.7 Å². The molecule has 2 aromatic rings. The van der Waals surface area contributed by atoms with Crippen LogP contribution in [0.2, 0.25) is 0 Å². The molecule has 8 heteroatoms. The average molecular weight is 372 g/mol. The van der Waals surface area contributed by atoms with Gasteiger partial charge < -0.3 is 19.7 Å². The Morgan fingerprint density at radius 3 is 2.52 bits per heavy atom. The number of rotatable bonds is 6. The predicted octanol–water partition coefficient (Wildman–Crippen LogP) is 2.03. The SMILES string of the molecule is CCOc1ccc(C(=O)Nc2cnn(CC)c2C(=O)N2CCOCC2)cc1. The minimum Gasteiger partial charge on any atom is -0.494 e. The highest BCUT2D eigenvalue weighted by Crippen LogP contribution is 2.20. The summed E-state index contributed by atoms with van der Waals surface area (Å²) >= 11 is 0. The molecule has 1 fully saturated rings. The standard InChI is InChI=1S/C19H24N4O4/c1-3-23-17(19(25)22-9-11-26-12-10-22)16(13-20-23)21-18(24)14-5-7-15(8-6-14)27-4-2/h5-8,13H,3-4,9-12H2,1-2H3,(H,21,24). The zero-order valence-corrected chi connectivity index (χ0v) is 15.6. The zero-order valence-electron chi connectivity index (χ0n) is 15.6. The molecule has 2 heterocycles. The second kappa shape index (κ2) is 8.68. The number of carbonyl (C=O) groups is 2. The lowest BCUT2D eigenvalue weighted by Gasteiger charge is -2.27. The number of aryl methyl sites for hydroxylation is 1. The van der Waals surface area contributed by atoms with E-state index < -0.39 is 0 Å². The molecule has 1 aromatic heterocycles. The molecule has 8 nitrogen and oxygen atoms in total. The Morgan fingerprint density at radius 2 is 1.89 bits per heavy atom. The largest absolute Gasteiger partial charge is 0.494 e. The Bertz CT molecular complexity index is 795. The van der Waals surface area contributed by atoms with Crippen LogP contribution in [-0.2, 0) is 11.3 Å². The van der Waals surface area contributed by atoms with Crippen LogP contribution in [0.1, 0.15) is 34.7 Å². The van der Waals surface area contributed by atoms with Gasteiger partial charge >= 0.3 is 0 Å². The molecule has 1 aromatic carbocycles. The highest BCUT2D eigenvalue weighted by molar-refractivity contribution is 6.08. The van der Waals surface area contributed by atoms with Crippen LogP contribution in [0, 0.1) is 0 Å². The maximum Gasteiger partial charge on any atom is 0.274 e. The van der Waals surface area contributed by atoms with Crippen LogP contribution in [0.4, 0.5) is 5.69 Å². The van der Waals surface area contributed by atoms with Gasteiger partial charge in [-0.1, -0.05) is 0 Å². The second-order valence-electron chi connectivity index (χ2n) is 6.04. The highest BCUT2D eigenvalue weighted by Gasteiger charge is 2.26. The Morgan fingerprint density at radius 1 is 1.19 bits per heavy atom. The first-order valence-corrected chi connectivity index (χ1v) is 9.11. The number of aromatic nitrogens is 2. The Hall–Kier alpha value is -2.87. The lowest BCUT2D eigenvalue weighted by Crippen LogP contribution is -2.41. The van der Waals surface area contributed by atoms with Crippen LogP contribution in [0.5, 0.6) is 5.75 Å². The van der Waals surface area contributed by atoms with Gasteiger partial charge in [0.1, 0.15) is 11.4 Å².